The number of hydrogen-bond donors (Lipinski definition) is 1. The molecule has 6 nitrogen and oxygen atoms in total. The highest BCUT2D eigenvalue weighted by Gasteiger charge is 2.12. The summed E-state index contributed by atoms with van der Waals surface area (Å²) in [6.45, 7) is 0. The van der Waals surface area contributed by atoms with Gasteiger partial charge < -0.3 is 14.6 Å². The Bertz CT molecular complexity index is 710. The molecule has 2 aromatic rings. The molecule has 0 saturated heterocycles. The van der Waals surface area contributed by atoms with Crippen LogP contribution in [0.2, 0.25) is 0 Å². The summed E-state index contributed by atoms with van der Waals surface area (Å²) in [4.78, 5) is 26.3. The Balaban J connectivity index is 2.21. The molecule has 22 heavy (non-hydrogen) atoms. The van der Waals surface area contributed by atoms with Crippen LogP contribution in [0.1, 0.15) is 15.9 Å². The maximum absolute atomic E-state index is 12.0. The molecule has 0 bridgehead atoms. The monoisotopic (exact) mass is 299 g/mol. The molecule has 0 spiro atoms. The van der Waals surface area contributed by atoms with E-state index < -0.39 is 11.9 Å². The molecule has 0 atom stereocenters. The normalized spacial score (nSPS) is 10.4. The van der Waals surface area contributed by atoms with E-state index in [1.54, 1.807) is 30.5 Å². The van der Waals surface area contributed by atoms with Crippen LogP contribution in [0.4, 0.5) is 0 Å². The summed E-state index contributed by atoms with van der Waals surface area (Å²) in [5, 5.41) is 8.61. The van der Waals surface area contributed by atoms with Gasteiger partial charge in [0.2, 0.25) is 0 Å². The molecule has 1 aromatic heterocycles. The fourth-order valence-electron chi connectivity index (χ4n) is 1.68. The quantitative estimate of drug-likeness (QED) is 0.518. The highest BCUT2D eigenvalue weighted by molar-refractivity contribution is 5.91. The minimum Gasteiger partial charge on any atom is -0.493 e. The molecule has 1 heterocycles. The molecule has 2 rings (SSSR count). The standard InChI is InChI=1S/C16H13NO5/c1-21-14-9-11(5-7-15(18)19)4-6-13(14)22-16(20)12-3-2-8-17-10-12/h2-10H,1H3,(H,18,19)/b7-5+. The molecule has 112 valence electrons. The van der Waals surface area contributed by atoms with Gasteiger partial charge in [-0.05, 0) is 35.9 Å². The van der Waals surface area contributed by atoms with Crippen LogP contribution in [0.25, 0.3) is 6.08 Å². The van der Waals surface area contributed by atoms with Gasteiger partial charge in [-0.1, -0.05) is 6.07 Å². The van der Waals surface area contributed by atoms with Gasteiger partial charge in [0, 0.05) is 18.5 Å². The van der Waals surface area contributed by atoms with Crippen LogP contribution in [0.3, 0.4) is 0 Å². The van der Waals surface area contributed by atoms with Crippen molar-refractivity contribution in [1.29, 1.82) is 0 Å². The van der Waals surface area contributed by atoms with Crippen molar-refractivity contribution in [3.63, 3.8) is 0 Å². The number of ether oxygens (including phenoxy) is 2. The summed E-state index contributed by atoms with van der Waals surface area (Å²) >= 11 is 0. The first-order valence-electron chi connectivity index (χ1n) is 6.31. The van der Waals surface area contributed by atoms with Crippen molar-refractivity contribution < 1.29 is 24.2 Å². The van der Waals surface area contributed by atoms with E-state index in [1.165, 1.54) is 25.4 Å². The molecular formula is C16H13NO5. The van der Waals surface area contributed by atoms with E-state index in [0.717, 1.165) is 6.08 Å². The van der Waals surface area contributed by atoms with Gasteiger partial charge in [-0.25, -0.2) is 9.59 Å². The SMILES string of the molecule is COc1cc(/C=C/C(=O)O)ccc1OC(=O)c1cccnc1. The first-order chi connectivity index (χ1) is 10.6. The number of hydrogen-bond acceptors (Lipinski definition) is 5. The molecule has 0 aliphatic heterocycles. The lowest BCUT2D eigenvalue weighted by molar-refractivity contribution is -0.131. The maximum atomic E-state index is 12.0. The topological polar surface area (TPSA) is 85.7 Å². The van der Waals surface area contributed by atoms with Crippen LogP contribution < -0.4 is 9.47 Å². The van der Waals surface area contributed by atoms with Crippen molar-refractivity contribution in [2.24, 2.45) is 0 Å². The number of rotatable bonds is 5. The van der Waals surface area contributed by atoms with Crippen LogP contribution in [-0.4, -0.2) is 29.1 Å². The summed E-state index contributed by atoms with van der Waals surface area (Å²) in [5.41, 5.74) is 0.930. The molecule has 1 N–H and O–H groups in total. The number of nitrogens with zero attached hydrogens (tertiary/aromatic N) is 1. The number of carboxylic acids is 1. The summed E-state index contributed by atoms with van der Waals surface area (Å²) in [6, 6.07) is 7.95. The number of aliphatic carboxylic acids is 1. The van der Waals surface area contributed by atoms with Gasteiger partial charge in [0.25, 0.3) is 0 Å². The average Bonchev–Trinajstić information content (AvgIpc) is 2.54. The largest absolute Gasteiger partial charge is 0.493 e. The Morgan fingerprint density at radius 2 is 2.05 bits per heavy atom. The molecule has 1 aromatic carbocycles. The van der Waals surface area contributed by atoms with Crippen molar-refractivity contribution in [2.45, 2.75) is 0 Å². The Morgan fingerprint density at radius 1 is 1.23 bits per heavy atom. The lowest BCUT2D eigenvalue weighted by atomic mass is 10.2. The second-order valence-corrected chi connectivity index (χ2v) is 4.21. The molecule has 0 aliphatic carbocycles. The second-order valence-electron chi connectivity index (χ2n) is 4.21. The number of pyridine rings is 1. The third kappa shape index (κ3) is 3.92. The van der Waals surface area contributed by atoms with Gasteiger partial charge in [-0.2, -0.15) is 0 Å². The maximum Gasteiger partial charge on any atom is 0.345 e. The van der Waals surface area contributed by atoms with Crippen LogP contribution in [0.15, 0.2) is 48.8 Å². The zero-order chi connectivity index (χ0) is 15.9. The minimum atomic E-state index is -1.05. The van der Waals surface area contributed by atoms with Gasteiger partial charge >= 0.3 is 11.9 Å². The third-order valence-corrected chi connectivity index (χ3v) is 2.71. The molecule has 0 radical (unpaired) electrons. The van der Waals surface area contributed by atoms with Gasteiger partial charge in [-0.15, -0.1) is 0 Å². The fraction of sp³-hybridized carbons (Fsp3) is 0.0625. The molecule has 0 amide bonds. The van der Waals surface area contributed by atoms with E-state index in [4.69, 9.17) is 14.6 Å². The number of aromatic nitrogens is 1. The van der Waals surface area contributed by atoms with E-state index in [0.29, 0.717) is 16.9 Å². The third-order valence-electron chi connectivity index (χ3n) is 2.71. The predicted molar refractivity (Wildman–Crippen MR) is 78.9 cm³/mol. The summed E-state index contributed by atoms with van der Waals surface area (Å²) in [6.07, 6.45) is 5.38. The van der Waals surface area contributed by atoms with E-state index in [9.17, 15) is 9.59 Å². The number of esters is 1. The summed E-state index contributed by atoms with van der Waals surface area (Å²) in [5.74, 6) is -1.04. The van der Waals surface area contributed by atoms with E-state index in [2.05, 4.69) is 4.98 Å². The average molecular weight is 299 g/mol. The Labute approximate surface area is 126 Å². The van der Waals surface area contributed by atoms with Crippen molar-refractivity contribution in [3.8, 4) is 11.5 Å². The van der Waals surface area contributed by atoms with Gasteiger partial charge in [0.05, 0.1) is 12.7 Å². The minimum absolute atomic E-state index is 0.240. The van der Waals surface area contributed by atoms with E-state index in [1.807, 2.05) is 0 Å². The lowest BCUT2D eigenvalue weighted by Crippen LogP contribution is -2.09. The molecule has 0 unspecified atom stereocenters. The van der Waals surface area contributed by atoms with Crippen LogP contribution >= 0.6 is 0 Å². The predicted octanol–water partition coefficient (Wildman–Crippen LogP) is 2.41. The second kappa shape index (κ2) is 7.03. The zero-order valence-corrected chi connectivity index (χ0v) is 11.7. The van der Waals surface area contributed by atoms with Crippen molar-refractivity contribution in [1.82, 2.24) is 4.98 Å². The number of carbonyl (C=O) groups excluding carboxylic acids is 1. The van der Waals surface area contributed by atoms with Gasteiger partial charge in [0.15, 0.2) is 11.5 Å². The number of carboxylic acid groups (broad SMARTS) is 1. The van der Waals surface area contributed by atoms with Gasteiger partial charge in [-0.3, -0.25) is 4.98 Å². The summed E-state index contributed by atoms with van der Waals surface area (Å²) < 4.78 is 10.4. The van der Waals surface area contributed by atoms with E-state index >= 15 is 0 Å². The molecular weight excluding hydrogens is 286 g/mol. The van der Waals surface area contributed by atoms with Crippen LogP contribution in [0.5, 0.6) is 11.5 Å². The Morgan fingerprint density at radius 3 is 2.68 bits per heavy atom. The lowest BCUT2D eigenvalue weighted by Gasteiger charge is -2.09. The number of carbonyl (C=O) groups is 2. The fourth-order valence-corrected chi connectivity index (χ4v) is 1.68. The van der Waals surface area contributed by atoms with Crippen molar-refractivity contribution in [3.05, 3.63) is 59.9 Å². The number of benzene rings is 1. The first kappa shape index (κ1) is 15.2. The van der Waals surface area contributed by atoms with Crippen LogP contribution in [0, 0.1) is 0 Å². The molecule has 6 heteroatoms. The van der Waals surface area contributed by atoms with E-state index in [-0.39, 0.29) is 5.75 Å². The summed E-state index contributed by atoms with van der Waals surface area (Å²) in [7, 11) is 1.43. The Hall–Kier alpha value is -3.15. The Kier molecular flexibility index (Phi) is 4.87. The first-order valence-corrected chi connectivity index (χ1v) is 6.31. The molecule has 0 saturated carbocycles. The van der Waals surface area contributed by atoms with Crippen molar-refractivity contribution >= 4 is 18.0 Å². The molecule has 0 aliphatic rings. The van der Waals surface area contributed by atoms with Crippen molar-refractivity contribution in [2.75, 3.05) is 7.11 Å². The smallest absolute Gasteiger partial charge is 0.345 e. The molecule has 0 fully saturated rings. The zero-order valence-electron chi connectivity index (χ0n) is 11.7. The number of methoxy groups -OCH3 is 1. The van der Waals surface area contributed by atoms with Crippen LogP contribution in [-0.2, 0) is 4.79 Å². The highest BCUT2D eigenvalue weighted by Crippen LogP contribution is 2.29. The van der Waals surface area contributed by atoms with Gasteiger partial charge in [0.1, 0.15) is 0 Å². The highest BCUT2D eigenvalue weighted by atomic mass is 16.6.